The van der Waals surface area contributed by atoms with E-state index in [4.69, 9.17) is 22.1 Å². The first kappa shape index (κ1) is 11.7. The first-order valence-electron chi connectivity index (χ1n) is 5.63. The zero-order valence-electron chi connectivity index (χ0n) is 9.29. The maximum Gasteiger partial charge on any atom is 0.0642 e. The van der Waals surface area contributed by atoms with Crippen LogP contribution in [0.15, 0.2) is 18.2 Å². The van der Waals surface area contributed by atoms with Crippen molar-refractivity contribution in [2.24, 2.45) is 5.73 Å². The third kappa shape index (κ3) is 2.48. The Bertz CT molecular complexity index is 349. The lowest BCUT2D eigenvalue weighted by atomic mass is 10.1. The molecule has 1 aliphatic heterocycles. The number of anilines is 1. The molecule has 16 heavy (non-hydrogen) atoms. The first-order valence-corrected chi connectivity index (χ1v) is 6.01. The number of hydrogen-bond acceptors (Lipinski definition) is 3. The Labute approximate surface area is 101 Å². The molecule has 1 heterocycles. The lowest BCUT2D eigenvalue weighted by Gasteiger charge is -2.25. The lowest BCUT2D eigenvalue weighted by molar-refractivity contribution is 0.152. The van der Waals surface area contributed by atoms with Crippen LogP contribution in [0.5, 0.6) is 0 Å². The van der Waals surface area contributed by atoms with Crippen molar-refractivity contribution in [3.8, 4) is 0 Å². The van der Waals surface area contributed by atoms with Gasteiger partial charge in [-0.05, 0) is 18.1 Å². The molecule has 1 saturated heterocycles. The molecule has 0 aromatic heterocycles. The fourth-order valence-electron chi connectivity index (χ4n) is 2.05. The van der Waals surface area contributed by atoms with Gasteiger partial charge in [-0.1, -0.05) is 23.7 Å². The second-order valence-corrected chi connectivity index (χ2v) is 4.31. The molecule has 0 spiro atoms. The maximum absolute atomic E-state index is 6.26. The van der Waals surface area contributed by atoms with E-state index in [9.17, 15) is 0 Å². The molecule has 0 saturated carbocycles. The highest BCUT2D eigenvalue weighted by atomic mass is 35.5. The molecule has 0 amide bonds. The van der Waals surface area contributed by atoms with E-state index in [0.29, 0.717) is 6.54 Å². The predicted octanol–water partition coefficient (Wildman–Crippen LogP) is 2.03. The van der Waals surface area contributed by atoms with Crippen molar-refractivity contribution < 1.29 is 4.74 Å². The molecule has 1 fully saturated rings. The summed E-state index contributed by atoms with van der Waals surface area (Å²) in [7, 11) is 0. The SMILES string of the molecule is NCc1cccc(Cl)c1N1CCCOCC1. The molecule has 1 aliphatic rings. The minimum Gasteiger partial charge on any atom is -0.380 e. The van der Waals surface area contributed by atoms with Crippen molar-refractivity contribution in [1.82, 2.24) is 0 Å². The molecule has 1 aromatic rings. The monoisotopic (exact) mass is 240 g/mol. The first-order chi connectivity index (χ1) is 7.83. The van der Waals surface area contributed by atoms with Crippen LogP contribution in [0.25, 0.3) is 0 Å². The van der Waals surface area contributed by atoms with E-state index in [1.165, 1.54) is 0 Å². The number of halogens is 1. The molecule has 2 rings (SSSR count). The Morgan fingerprint density at radius 2 is 2.19 bits per heavy atom. The van der Waals surface area contributed by atoms with Crippen LogP contribution in [0.1, 0.15) is 12.0 Å². The number of para-hydroxylation sites is 1. The summed E-state index contributed by atoms with van der Waals surface area (Å²) in [5.41, 5.74) is 7.94. The van der Waals surface area contributed by atoms with E-state index in [0.717, 1.165) is 49.0 Å². The summed E-state index contributed by atoms with van der Waals surface area (Å²) in [6.45, 7) is 3.98. The van der Waals surface area contributed by atoms with Crippen LogP contribution in [-0.4, -0.2) is 26.3 Å². The topological polar surface area (TPSA) is 38.5 Å². The van der Waals surface area contributed by atoms with Gasteiger partial charge in [0.15, 0.2) is 0 Å². The van der Waals surface area contributed by atoms with Gasteiger partial charge in [0, 0.05) is 26.2 Å². The molecule has 0 bridgehead atoms. The van der Waals surface area contributed by atoms with Crippen LogP contribution >= 0.6 is 11.6 Å². The summed E-state index contributed by atoms with van der Waals surface area (Å²) >= 11 is 6.26. The quantitative estimate of drug-likeness (QED) is 0.860. The summed E-state index contributed by atoms with van der Waals surface area (Å²) < 4.78 is 5.44. The van der Waals surface area contributed by atoms with Gasteiger partial charge in [0.1, 0.15) is 0 Å². The van der Waals surface area contributed by atoms with Gasteiger partial charge in [0.25, 0.3) is 0 Å². The van der Waals surface area contributed by atoms with E-state index >= 15 is 0 Å². The molecular formula is C12H17ClN2O. The Balaban J connectivity index is 2.29. The molecular weight excluding hydrogens is 224 g/mol. The maximum atomic E-state index is 6.26. The van der Waals surface area contributed by atoms with E-state index in [1.54, 1.807) is 0 Å². The minimum atomic E-state index is 0.521. The number of rotatable bonds is 2. The van der Waals surface area contributed by atoms with Crippen LogP contribution in [0, 0.1) is 0 Å². The molecule has 2 N–H and O–H groups in total. The smallest absolute Gasteiger partial charge is 0.0642 e. The van der Waals surface area contributed by atoms with E-state index < -0.39 is 0 Å². The van der Waals surface area contributed by atoms with Gasteiger partial charge in [-0.2, -0.15) is 0 Å². The van der Waals surface area contributed by atoms with Gasteiger partial charge in [0.2, 0.25) is 0 Å². The Kier molecular flexibility index (Phi) is 4.04. The Hall–Kier alpha value is -0.770. The molecule has 88 valence electrons. The Morgan fingerprint density at radius 3 is 3.00 bits per heavy atom. The van der Waals surface area contributed by atoms with Gasteiger partial charge < -0.3 is 15.4 Å². The summed E-state index contributed by atoms with van der Waals surface area (Å²) in [5.74, 6) is 0. The van der Waals surface area contributed by atoms with Crippen LogP contribution in [0.4, 0.5) is 5.69 Å². The van der Waals surface area contributed by atoms with Gasteiger partial charge in [0.05, 0.1) is 17.3 Å². The molecule has 0 atom stereocenters. The van der Waals surface area contributed by atoms with Gasteiger partial charge in [-0.3, -0.25) is 0 Å². The fourth-order valence-corrected chi connectivity index (χ4v) is 2.36. The van der Waals surface area contributed by atoms with E-state index in [2.05, 4.69) is 4.90 Å². The van der Waals surface area contributed by atoms with Crippen molar-refractivity contribution in [3.05, 3.63) is 28.8 Å². The molecule has 4 heteroatoms. The third-order valence-electron chi connectivity index (χ3n) is 2.83. The average molecular weight is 241 g/mol. The van der Waals surface area contributed by atoms with E-state index in [1.807, 2.05) is 18.2 Å². The fraction of sp³-hybridized carbons (Fsp3) is 0.500. The second-order valence-electron chi connectivity index (χ2n) is 3.90. The average Bonchev–Trinajstić information content (AvgIpc) is 2.57. The van der Waals surface area contributed by atoms with Crippen LogP contribution < -0.4 is 10.6 Å². The largest absolute Gasteiger partial charge is 0.380 e. The van der Waals surface area contributed by atoms with Crippen molar-refractivity contribution >= 4 is 17.3 Å². The van der Waals surface area contributed by atoms with Gasteiger partial charge in [-0.25, -0.2) is 0 Å². The number of nitrogens with zero attached hydrogens (tertiary/aromatic N) is 1. The molecule has 1 aromatic carbocycles. The van der Waals surface area contributed by atoms with E-state index in [-0.39, 0.29) is 0 Å². The standard InChI is InChI=1S/C12H17ClN2O/c13-11-4-1-3-10(9-14)12(11)15-5-2-7-16-8-6-15/h1,3-4H,2,5-9,14H2. The normalized spacial score (nSPS) is 17.2. The highest BCUT2D eigenvalue weighted by Gasteiger charge is 2.15. The zero-order chi connectivity index (χ0) is 11.4. The summed E-state index contributed by atoms with van der Waals surface area (Å²) in [6.07, 6.45) is 1.04. The summed E-state index contributed by atoms with van der Waals surface area (Å²) in [5, 5.41) is 0.782. The van der Waals surface area contributed by atoms with Crippen LogP contribution in [-0.2, 0) is 11.3 Å². The molecule has 0 aliphatic carbocycles. The van der Waals surface area contributed by atoms with Crippen LogP contribution in [0.2, 0.25) is 5.02 Å². The predicted molar refractivity (Wildman–Crippen MR) is 67.0 cm³/mol. The third-order valence-corrected chi connectivity index (χ3v) is 3.13. The molecule has 0 unspecified atom stereocenters. The van der Waals surface area contributed by atoms with Crippen LogP contribution in [0.3, 0.4) is 0 Å². The van der Waals surface area contributed by atoms with Crippen molar-refractivity contribution in [2.45, 2.75) is 13.0 Å². The number of nitrogens with two attached hydrogens (primary N) is 1. The van der Waals surface area contributed by atoms with Crippen molar-refractivity contribution in [3.63, 3.8) is 0 Å². The van der Waals surface area contributed by atoms with Crippen molar-refractivity contribution in [1.29, 1.82) is 0 Å². The Morgan fingerprint density at radius 1 is 1.31 bits per heavy atom. The van der Waals surface area contributed by atoms with Gasteiger partial charge in [-0.15, -0.1) is 0 Å². The second kappa shape index (κ2) is 5.53. The molecule has 0 radical (unpaired) electrons. The lowest BCUT2D eigenvalue weighted by Crippen LogP contribution is -2.27. The van der Waals surface area contributed by atoms with Gasteiger partial charge >= 0.3 is 0 Å². The zero-order valence-corrected chi connectivity index (χ0v) is 10.0. The number of ether oxygens (including phenoxy) is 1. The summed E-state index contributed by atoms with van der Waals surface area (Å²) in [6, 6.07) is 5.90. The molecule has 3 nitrogen and oxygen atoms in total. The number of hydrogen-bond donors (Lipinski definition) is 1. The minimum absolute atomic E-state index is 0.521. The van der Waals surface area contributed by atoms with Crippen molar-refractivity contribution in [2.75, 3.05) is 31.2 Å². The number of benzene rings is 1. The highest BCUT2D eigenvalue weighted by Crippen LogP contribution is 2.30. The highest BCUT2D eigenvalue weighted by molar-refractivity contribution is 6.33. The summed E-state index contributed by atoms with van der Waals surface area (Å²) in [4.78, 5) is 2.28.